The number of halogens is 1. The number of nitrogens with zero attached hydrogens (tertiary/aromatic N) is 2. The molecule has 1 unspecified atom stereocenters. The van der Waals surface area contributed by atoms with Crippen LogP contribution in [-0.2, 0) is 4.79 Å². The molecule has 18 heavy (non-hydrogen) atoms. The van der Waals surface area contributed by atoms with Crippen molar-refractivity contribution in [3.8, 4) is 0 Å². The van der Waals surface area contributed by atoms with Crippen LogP contribution in [0.1, 0.15) is 31.1 Å². The Bertz CT molecular complexity index is 451. The summed E-state index contributed by atoms with van der Waals surface area (Å²) >= 11 is 5.75. The quantitative estimate of drug-likeness (QED) is 0.622. The van der Waals surface area contributed by atoms with E-state index >= 15 is 0 Å². The fourth-order valence-corrected chi connectivity index (χ4v) is 1.45. The van der Waals surface area contributed by atoms with Gasteiger partial charge >= 0.3 is 0 Å². The van der Waals surface area contributed by atoms with Gasteiger partial charge in [0.1, 0.15) is 23.3 Å². The van der Waals surface area contributed by atoms with Crippen LogP contribution in [0, 0.1) is 0 Å². The minimum absolute atomic E-state index is 0.0429. The highest BCUT2D eigenvalue weighted by molar-refractivity contribution is 6.32. The molecule has 0 saturated carbocycles. The molecular formula is C11H15ClN4O2. The minimum atomic E-state index is -0.530. The van der Waals surface area contributed by atoms with Crippen molar-refractivity contribution in [2.45, 2.75) is 32.9 Å². The van der Waals surface area contributed by atoms with Gasteiger partial charge in [-0.15, -0.1) is 0 Å². The zero-order valence-corrected chi connectivity index (χ0v) is 11.2. The lowest BCUT2D eigenvalue weighted by Gasteiger charge is -2.17. The van der Waals surface area contributed by atoms with Gasteiger partial charge in [0.05, 0.1) is 5.56 Å². The summed E-state index contributed by atoms with van der Waals surface area (Å²) in [6, 6.07) is -0.488. The van der Waals surface area contributed by atoms with E-state index in [1.165, 1.54) is 6.33 Å². The highest BCUT2D eigenvalue weighted by atomic mass is 35.5. The molecule has 7 heteroatoms. The second-order valence-electron chi connectivity index (χ2n) is 4.07. The normalized spacial score (nSPS) is 12.1. The van der Waals surface area contributed by atoms with Gasteiger partial charge in [0.2, 0.25) is 5.91 Å². The molecule has 0 aromatic carbocycles. The molecule has 0 fully saturated rings. The SMILES string of the molecule is CC(C)NC(=O)C(C)Nc1ncnc(Cl)c1C=O. The van der Waals surface area contributed by atoms with E-state index in [9.17, 15) is 9.59 Å². The Kier molecular flexibility index (Phi) is 5.03. The number of carbonyl (C=O) groups is 2. The van der Waals surface area contributed by atoms with Crippen molar-refractivity contribution in [2.24, 2.45) is 0 Å². The molecule has 0 aliphatic rings. The molecule has 0 bridgehead atoms. The molecule has 0 spiro atoms. The van der Waals surface area contributed by atoms with Crippen LogP contribution in [0.15, 0.2) is 6.33 Å². The van der Waals surface area contributed by atoms with Gasteiger partial charge in [-0.05, 0) is 20.8 Å². The maximum Gasteiger partial charge on any atom is 0.242 e. The Morgan fingerprint density at radius 2 is 2.06 bits per heavy atom. The van der Waals surface area contributed by atoms with Gasteiger partial charge in [-0.25, -0.2) is 9.97 Å². The summed E-state index contributed by atoms with van der Waals surface area (Å²) in [7, 11) is 0. The van der Waals surface area contributed by atoms with E-state index in [4.69, 9.17) is 11.6 Å². The van der Waals surface area contributed by atoms with Crippen LogP contribution in [0.5, 0.6) is 0 Å². The van der Waals surface area contributed by atoms with Crippen molar-refractivity contribution in [2.75, 3.05) is 5.32 Å². The standard InChI is InChI=1S/C11H15ClN4O2/c1-6(2)15-11(18)7(3)16-10-8(4-17)9(12)13-5-14-10/h4-7H,1-3H3,(H,15,18)(H,13,14,16). The molecule has 0 radical (unpaired) electrons. The fourth-order valence-electron chi connectivity index (χ4n) is 1.27. The lowest BCUT2D eigenvalue weighted by Crippen LogP contribution is -2.41. The van der Waals surface area contributed by atoms with Crippen molar-refractivity contribution < 1.29 is 9.59 Å². The lowest BCUT2D eigenvalue weighted by atomic mass is 10.2. The number of rotatable bonds is 5. The van der Waals surface area contributed by atoms with Gasteiger partial charge in [-0.2, -0.15) is 0 Å². The molecule has 1 atom stereocenters. The minimum Gasteiger partial charge on any atom is -0.358 e. The number of hydrogen-bond acceptors (Lipinski definition) is 5. The van der Waals surface area contributed by atoms with Gasteiger partial charge in [0.15, 0.2) is 6.29 Å². The van der Waals surface area contributed by atoms with Gasteiger partial charge in [-0.1, -0.05) is 11.6 Å². The number of carbonyl (C=O) groups excluding carboxylic acids is 2. The van der Waals surface area contributed by atoms with Crippen LogP contribution in [0.3, 0.4) is 0 Å². The summed E-state index contributed by atoms with van der Waals surface area (Å²) in [6.07, 6.45) is 1.78. The zero-order chi connectivity index (χ0) is 13.7. The largest absolute Gasteiger partial charge is 0.358 e. The van der Waals surface area contributed by atoms with Gasteiger partial charge in [0, 0.05) is 6.04 Å². The van der Waals surface area contributed by atoms with Crippen LogP contribution in [0.4, 0.5) is 5.82 Å². The maximum atomic E-state index is 11.7. The Labute approximate surface area is 110 Å². The summed E-state index contributed by atoms with van der Waals surface area (Å²) in [5, 5.41) is 5.63. The molecule has 1 heterocycles. The highest BCUT2D eigenvalue weighted by Gasteiger charge is 2.17. The molecule has 0 saturated heterocycles. The number of anilines is 1. The topological polar surface area (TPSA) is 84.0 Å². The first-order valence-electron chi connectivity index (χ1n) is 5.48. The monoisotopic (exact) mass is 270 g/mol. The van der Waals surface area contributed by atoms with Crippen LogP contribution < -0.4 is 10.6 Å². The second kappa shape index (κ2) is 6.30. The number of hydrogen-bond donors (Lipinski definition) is 2. The summed E-state index contributed by atoms with van der Waals surface area (Å²) in [5.74, 6) is 0.0630. The van der Waals surface area contributed by atoms with Crippen molar-refractivity contribution in [1.29, 1.82) is 0 Å². The molecule has 2 N–H and O–H groups in total. The number of aromatic nitrogens is 2. The third-order valence-electron chi connectivity index (χ3n) is 2.13. The molecule has 1 amide bonds. The smallest absolute Gasteiger partial charge is 0.242 e. The molecule has 98 valence electrons. The summed E-state index contributed by atoms with van der Waals surface area (Å²) < 4.78 is 0. The Balaban J connectivity index is 2.81. The van der Waals surface area contributed by atoms with E-state index in [2.05, 4.69) is 20.6 Å². The predicted octanol–water partition coefficient (Wildman–Crippen LogP) is 1.27. The van der Waals surface area contributed by atoms with E-state index in [1.807, 2.05) is 13.8 Å². The first-order valence-corrected chi connectivity index (χ1v) is 5.86. The van der Waals surface area contributed by atoms with Crippen molar-refractivity contribution in [3.63, 3.8) is 0 Å². The molecule has 1 aromatic rings. The highest BCUT2D eigenvalue weighted by Crippen LogP contribution is 2.17. The molecule has 6 nitrogen and oxygen atoms in total. The Morgan fingerprint density at radius 3 is 2.61 bits per heavy atom. The molecule has 0 aliphatic carbocycles. The molecule has 0 aliphatic heterocycles. The van der Waals surface area contributed by atoms with E-state index in [-0.39, 0.29) is 28.5 Å². The van der Waals surface area contributed by atoms with Crippen molar-refractivity contribution >= 4 is 29.6 Å². The van der Waals surface area contributed by atoms with E-state index in [1.54, 1.807) is 6.92 Å². The van der Waals surface area contributed by atoms with E-state index < -0.39 is 6.04 Å². The zero-order valence-electron chi connectivity index (χ0n) is 10.4. The first kappa shape index (κ1) is 14.4. The van der Waals surface area contributed by atoms with Crippen LogP contribution in [0.25, 0.3) is 0 Å². The van der Waals surface area contributed by atoms with Gasteiger partial charge in [-0.3, -0.25) is 9.59 Å². The Morgan fingerprint density at radius 1 is 1.39 bits per heavy atom. The second-order valence-corrected chi connectivity index (χ2v) is 4.43. The van der Waals surface area contributed by atoms with E-state index in [0.717, 1.165) is 0 Å². The van der Waals surface area contributed by atoms with Crippen LogP contribution in [-0.4, -0.2) is 34.2 Å². The van der Waals surface area contributed by atoms with Crippen LogP contribution >= 0.6 is 11.6 Å². The summed E-state index contributed by atoms with van der Waals surface area (Å²) in [6.45, 7) is 5.40. The maximum absolute atomic E-state index is 11.7. The summed E-state index contributed by atoms with van der Waals surface area (Å²) in [4.78, 5) is 30.2. The fraction of sp³-hybridized carbons (Fsp3) is 0.455. The predicted molar refractivity (Wildman–Crippen MR) is 68.8 cm³/mol. The van der Waals surface area contributed by atoms with Crippen molar-refractivity contribution in [3.05, 3.63) is 17.0 Å². The molecule has 1 aromatic heterocycles. The third kappa shape index (κ3) is 3.66. The van der Waals surface area contributed by atoms with Gasteiger partial charge < -0.3 is 10.6 Å². The Hall–Kier alpha value is -1.69. The number of nitrogens with one attached hydrogen (secondary N) is 2. The number of amides is 1. The van der Waals surface area contributed by atoms with Crippen LogP contribution in [0.2, 0.25) is 5.15 Å². The molecular weight excluding hydrogens is 256 g/mol. The molecule has 1 rings (SSSR count). The average molecular weight is 271 g/mol. The van der Waals surface area contributed by atoms with Crippen molar-refractivity contribution in [1.82, 2.24) is 15.3 Å². The van der Waals surface area contributed by atoms with E-state index in [0.29, 0.717) is 6.29 Å². The summed E-state index contributed by atoms with van der Waals surface area (Å²) in [5.41, 5.74) is 0.142. The number of aldehydes is 1. The first-order chi connectivity index (χ1) is 8.45. The third-order valence-corrected chi connectivity index (χ3v) is 2.43. The lowest BCUT2D eigenvalue weighted by molar-refractivity contribution is -0.122. The van der Waals surface area contributed by atoms with Gasteiger partial charge in [0.25, 0.3) is 0 Å². The average Bonchev–Trinajstić information content (AvgIpc) is 2.28.